The van der Waals surface area contributed by atoms with Gasteiger partial charge in [0.2, 0.25) is 5.91 Å². The first kappa shape index (κ1) is 31.5. The molecule has 0 aliphatic heterocycles. The molecule has 4 aromatic rings. The molecule has 3 aromatic carbocycles. The Kier molecular flexibility index (Phi) is 12.0. The van der Waals surface area contributed by atoms with Crippen LogP contribution in [0.15, 0.2) is 65.5 Å². The molecule has 1 aromatic heterocycles. The molecule has 4 rings (SSSR count). The van der Waals surface area contributed by atoms with Crippen molar-refractivity contribution in [1.82, 2.24) is 15.3 Å². The van der Waals surface area contributed by atoms with Crippen LogP contribution in [0, 0.1) is 5.82 Å². The monoisotopic (exact) mass is 535 g/mol. The van der Waals surface area contributed by atoms with E-state index in [-0.39, 0.29) is 100 Å². The number of aromatic nitrogens is 2. The van der Waals surface area contributed by atoms with Crippen molar-refractivity contribution in [3.63, 3.8) is 0 Å². The Morgan fingerprint density at radius 2 is 1.79 bits per heavy atom. The van der Waals surface area contributed by atoms with E-state index in [0.717, 1.165) is 17.2 Å². The van der Waals surface area contributed by atoms with Crippen LogP contribution in [0.5, 0.6) is 11.5 Å². The summed E-state index contributed by atoms with van der Waals surface area (Å²) < 4.78 is 25.2. The summed E-state index contributed by atoms with van der Waals surface area (Å²) in [5.41, 5.74) is 0.777. The summed E-state index contributed by atoms with van der Waals surface area (Å²) in [6, 6.07) is 15.4. The van der Waals surface area contributed by atoms with Crippen molar-refractivity contribution < 1.29 is 87.7 Å². The van der Waals surface area contributed by atoms with Gasteiger partial charge in [-0.2, -0.15) is 0 Å². The van der Waals surface area contributed by atoms with E-state index in [9.17, 15) is 23.9 Å². The van der Waals surface area contributed by atoms with Gasteiger partial charge in [-0.25, -0.2) is 4.39 Å². The zero-order chi connectivity index (χ0) is 25.7. The minimum absolute atomic E-state index is 0. The van der Waals surface area contributed by atoms with Gasteiger partial charge < -0.3 is 34.7 Å². The number of aromatic carboxylic acids is 1. The predicted molar refractivity (Wildman–Crippen MR) is 125 cm³/mol. The van der Waals surface area contributed by atoms with Crippen LogP contribution < -0.4 is 89.6 Å². The van der Waals surface area contributed by atoms with Crippen LogP contribution in [0.3, 0.4) is 0 Å². The number of carbonyl (C=O) groups is 2. The number of carbonyl (C=O) groups excluding carboxylic acids is 2. The maximum absolute atomic E-state index is 14.5. The van der Waals surface area contributed by atoms with Gasteiger partial charge in [-0.05, 0) is 40.4 Å². The molecular weight excluding hydrogens is 515 g/mol. The predicted octanol–water partition coefficient (Wildman–Crippen LogP) is -4.38. The van der Waals surface area contributed by atoms with Crippen LogP contribution in [0.4, 0.5) is 4.39 Å². The number of fused-ring (bicyclic) bond motifs is 1. The average Bonchev–Trinajstić information content (AvgIpc) is 2.88. The number of ether oxygens (including phenoxy) is 2. The molecule has 0 aliphatic rings. The molecule has 9 nitrogen and oxygen atoms in total. The van der Waals surface area contributed by atoms with Crippen molar-refractivity contribution >= 4 is 22.8 Å². The number of amides is 1. The molecule has 12 heteroatoms. The Morgan fingerprint density at radius 1 is 1.05 bits per heavy atom. The topological polar surface area (TPSA) is 132 Å². The van der Waals surface area contributed by atoms with Gasteiger partial charge in [0.25, 0.3) is 0 Å². The standard InChI is InChI=1S/C26H22FN3O6.2Na/c1-35-18-4-2-3-16(13-18)14-28-25(32)23-29-20-10-9-19(27)22(21(20)24(31)30-23)36-12-11-15-5-7-17(8-6-15)26(33)34;;/h2-10,13H,11-12,14H2,1H3,(H3,28,29,30,31,32,33,34);;/q;2*+1/p-2. The third-order valence-electron chi connectivity index (χ3n) is 5.35. The zero-order valence-electron chi connectivity index (χ0n) is 21.1. The van der Waals surface area contributed by atoms with Gasteiger partial charge in [0.05, 0.1) is 25.1 Å². The molecule has 38 heavy (non-hydrogen) atoms. The third kappa shape index (κ3) is 7.66. The summed E-state index contributed by atoms with van der Waals surface area (Å²) in [6.07, 6.45) is 0.322. The number of carboxylic acids is 1. The summed E-state index contributed by atoms with van der Waals surface area (Å²) in [5, 5.41) is 13.3. The number of benzene rings is 3. The van der Waals surface area contributed by atoms with Crippen LogP contribution in [-0.4, -0.2) is 30.6 Å². The molecule has 0 radical (unpaired) electrons. The SMILES string of the molecule is COc1cccc(CNC(=O)c2nc3ccc(F)c(OCCc4ccc(C(=O)[O-])cc4)c3c(=O)[n-]2)c1.[Na+].[Na+]. The van der Waals surface area contributed by atoms with E-state index in [2.05, 4.69) is 15.3 Å². The molecule has 0 saturated carbocycles. The smallest absolute Gasteiger partial charge is 0.545 e. The summed E-state index contributed by atoms with van der Waals surface area (Å²) >= 11 is 0. The number of halogens is 1. The third-order valence-corrected chi connectivity index (χ3v) is 5.35. The van der Waals surface area contributed by atoms with E-state index < -0.39 is 23.3 Å². The normalized spacial score (nSPS) is 10.2. The van der Waals surface area contributed by atoms with Crippen LogP contribution in [0.25, 0.3) is 10.9 Å². The molecule has 1 amide bonds. The molecule has 0 spiro atoms. The fourth-order valence-electron chi connectivity index (χ4n) is 3.50. The van der Waals surface area contributed by atoms with Crippen molar-refractivity contribution in [2.24, 2.45) is 0 Å². The molecule has 0 unspecified atom stereocenters. The summed E-state index contributed by atoms with van der Waals surface area (Å²) in [7, 11) is 1.54. The Morgan fingerprint density at radius 3 is 2.47 bits per heavy atom. The quantitative estimate of drug-likeness (QED) is 0.213. The fraction of sp³-hybridized carbons (Fsp3) is 0.154. The number of nitrogens with zero attached hydrogens (tertiary/aromatic N) is 2. The summed E-state index contributed by atoms with van der Waals surface area (Å²) in [4.78, 5) is 44.0. The van der Waals surface area contributed by atoms with Gasteiger partial charge >= 0.3 is 59.1 Å². The largest absolute Gasteiger partial charge is 1.00 e. The maximum atomic E-state index is 14.5. The van der Waals surface area contributed by atoms with Crippen molar-refractivity contribution in [2.45, 2.75) is 13.0 Å². The van der Waals surface area contributed by atoms with Crippen LogP contribution in [-0.2, 0) is 13.0 Å². The molecule has 184 valence electrons. The Hall–Kier alpha value is -2.73. The first-order chi connectivity index (χ1) is 17.4. The van der Waals surface area contributed by atoms with Crippen molar-refractivity contribution in [3.8, 4) is 11.5 Å². The van der Waals surface area contributed by atoms with E-state index in [4.69, 9.17) is 9.47 Å². The second kappa shape index (κ2) is 14.4. The van der Waals surface area contributed by atoms with E-state index in [0.29, 0.717) is 12.2 Å². The van der Waals surface area contributed by atoms with Gasteiger partial charge in [0.1, 0.15) is 5.75 Å². The van der Waals surface area contributed by atoms with Crippen LogP contribution in [0.2, 0.25) is 0 Å². The number of nitrogens with one attached hydrogen (secondary N) is 1. The van der Waals surface area contributed by atoms with E-state index >= 15 is 0 Å². The van der Waals surface area contributed by atoms with Crippen LogP contribution in [0.1, 0.15) is 32.1 Å². The van der Waals surface area contributed by atoms with Gasteiger partial charge in [0.15, 0.2) is 17.1 Å². The molecular formula is C26H20FN3Na2O6. The minimum Gasteiger partial charge on any atom is -0.545 e. The number of carboxylic acid groups (broad SMARTS) is 1. The Bertz CT molecular complexity index is 1500. The Labute approximate surface area is 261 Å². The van der Waals surface area contributed by atoms with Crippen molar-refractivity contribution in [2.75, 3.05) is 13.7 Å². The van der Waals surface area contributed by atoms with Gasteiger partial charge in [-0.3, -0.25) is 9.59 Å². The second-order valence-corrected chi connectivity index (χ2v) is 7.74. The molecule has 0 aliphatic carbocycles. The number of rotatable bonds is 9. The molecule has 0 saturated heterocycles. The van der Waals surface area contributed by atoms with Crippen molar-refractivity contribution in [3.05, 3.63) is 99.3 Å². The van der Waals surface area contributed by atoms with E-state index in [1.165, 1.54) is 25.3 Å². The first-order valence-electron chi connectivity index (χ1n) is 10.9. The van der Waals surface area contributed by atoms with Gasteiger partial charge in [-0.15, -0.1) is 0 Å². The van der Waals surface area contributed by atoms with Gasteiger partial charge in [0, 0.05) is 18.8 Å². The molecule has 1 N–H and O–H groups in total. The molecule has 0 fully saturated rings. The maximum Gasteiger partial charge on any atom is 1.00 e. The Balaban J connectivity index is 0.00000253. The second-order valence-electron chi connectivity index (χ2n) is 7.74. The number of methoxy groups -OCH3 is 1. The zero-order valence-corrected chi connectivity index (χ0v) is 25.1. The fourth-order valence-corrected chi connectivity index (χ4v) is 3.50. The molecule has 0 atom stereocenters. The first-order valence-corrected chi connectivity index (χ1v) is 10.9. The summed E-state index contributed by atoms with van der Waals surface area (Å²) in [6.45, 7) is 0.163. The minimum atomic E-state index is -1.29. The number of hydrogen-bond acceptors (Lipinski definition) is 7. The number of hydrogen-bond donors (Lipinski definition) is 1. The molecule has 1 heterocycles. The van der Waals surface area contributed by atoms with Gasteiger partial charge in [-0.1, -0.05) is 42.5 Å². The summed E-state index contributed by atoms with van der Waals surface area (Å²) in [5.74, 6) is -2.75. The van der Waals surface area contributed by atoms with Crippen molar-refractivity contribution in [1.29, 1.82) is 0 Å². The van der Waals surface area contributed by atoms with E-state index in [1.807, 2.05) is 0 Å². The average molecular weight is 535 g/mol. The van der Waals surface area contributed by atoms with Crippen LogP contribution >= 0.6 is 0 Å². The molecule has 0 bridgehead atoms. The van der Waals surface area contributed by atoms with E-state index in [1.54, 1.807) is 36.4 Å².